The number of benzene rings is 1. The van der Waals surface area contributed by atoms with Crippen LogP contribution in [0.5, 0.6) is 5.75 Å². The molecule has 0 radical (unpaired) electrons. The molecule has 2 aliphatic rings. The average molecular weight is 401 g/mol. The van der Waals surface area contributed by atoms with Gasteiger partial charge in [-0.15, -0.1) is 4.72 Å². The van der Waals surface area contributed by atoms with Gasteiger partial charge < -0.3 is 14.6 Å². The minimum Gasteiger partial charge on any atom is -0.598 e. The summed E-state index contributed by atoms with van der Waals surface area (Å²) in [5.41, 5.74) is 0.951. The zero-order valence-electron chi connectivity index (χ0n) is 13.9. The molecule has 2 heterocycles. The molecule has 1 aromatic rings. The van der Waals surface area contributed by atoms with Crippen LogP contribution < -0.4 is 14.8 Å². The highest BCUT2D eigenvalue weighted by Gasteiger charge is 2.44. The van der Waals surface area contributed by atoms with Crippen LogP contribution in [-0.2, 0) is 11.4 Å². The largest absolute Gasteiger partial charge is 0.598 e. The normalized spacial score (nSPS) is 24.8. The Hall–Kier alpha value is -0.270. The van der Waals surface area contributed by atoms with Gasteiger partial charge in [0, 0.05) is 27.8 Å². The predicted octanol–water partition coefficient (Wildman–Crippen LogP) is 3.45. The Bertz CT molecular complexity index is 570. The van der Waals surface area contributed by atoms with Crippen LogP contribution in [-0.4, -0.2) is 28.0 Å². The van der Waals surface area contributed by atoms with Gasteiger partial charge in [-0.1, -0.05) is 15.9 Å². The summed E-state index contributed by atoms with van der Waals surface area (Å²) in [5, 5.41) is 3.40. The summed E-state index contributed by atoms with van der Waals surface area (Å²) in [5.74, 6) is 0.921. The summed E-state index contributed by atoms with van der Waals surface area (Å²) in [6, 6.07) is 6.17. The van der Waals surface area contributed by atoms with Crippen molar-refractivity contribution in [1.29, 1.82) is 0 Å². The molecule has 2 atom stereocenters. The lowest BCUT2D eigenvalue weighted by Gasteiger charge is -2.45. The molecule has 0 unspecified atom stereocenters. The monoisotopic (exact) mass is 400 g/mol. The van der Waals surface area contributed by atoms with Crippen molar-refractivity contribution in [1.82, 2.24) is 10.0 Å². The maximum absolute atomic E-state index is 12.6. The Kier molecular flexibility index (Phi) is 5.01. The highest BCUT2D eigenvalue weighted by atomic mass is 79.9. The molecule has 0 saturated carbocycles. The fourth-order valence-corrected chi connectivity index (χ4v) is 4.44. The molecule has 0 aromatic heterocycles. The number of hydrogen-bond acceptors (Lipinski definition) is 4. The smallest absolute Gasteiger partial charge is 0.136 e. The van der Waals surface area contributed by atoms with E-state index in [9.17, 15) is 4.55 Å². The van der Waals surface area contributed by atoms with Crippen LogP contribution in [0, 0.1) is 0 Å². The minimum atomic E-state index is -1.11. The zero-order chi connectivity index (χ0) is 16.7. The van der Waals surface area contributed by atoms with Crippen molar-refractivity contribution < 1.29 is 9.29 Å². The fraction of sp³-hybridized carbons (Fsp3) is 0.647. The molecule has 1 spiro atoms. The summed E-state index contributed by atoms with van der Waals surface area (Å²) in [4.78, 5) is 0. The molecule has 6 heteroatoms. The summed E-state index contributed by atoms with van der Waals surface area (Å²) < 4.78 is 23.1. The van der Waals surface area contributed by atoms with E-state index in [1.165, 1.54) is 0 Å². The van der Waals surface area contributed by atoms with E-state index in [1.807, 2.05) is 32.9 Å². The molecule has 1 saturated heterocycles. The van der Waals surface area contributed by atoms with E-state index in [0.29, 0.717) is 0 Å². The molecule has 0 bridgehead atoms. The Morgan fingerprint density at radius 2 is 2.04 bits per heavy atom. The van der Waals surface area contributed by atoms with E-state index in [0.717, 1.165) is 48.1 Å². The van der Waals surface area contributed by atoms with E-state index in [4.69, 9.17) is 4.74 Å². The maximum Gasteiger partial charge on any atom is 0.136 e. The first-order chi connectivity index (χ1) is 10.8. The first-order valence-corrected chi connectivity index (χ1v) is 10.1. The highest BCUT2D eigenvalue weighted by Crippen LogP contribution is 2.44. The number of fused-ring (bicyclic) bond motifs is 1. The van der Waals surface area contributed by atoms with Gasteiger partial charge in [-0.05, 0) is 64.9 Å². The molecule has 4 nitrogen and oxygen atoms in total. The number of ether oxygens (including phenoxy) is 1. The maximum atomic E-state index is 12.6. The van der Waals surface area contributed by atoms with Crippen molar-refractivity contribution >= 4 is 27.3 Å². The van der Waals surface area contributed by atoms with Gasteiger partial charge in [-0.3, -0.25) is 0 Å². The summed E-state index contributed by atoms with van der Waals surface area (Å²) in [6.45, 7) is 7.94. The van der Waals surface area contributed by atoms with Crippen molar-refractivity contribution in [3.8, 4) is 5.75 Å². The standard InChI is InChI=1S/C17H25BrN2O2S/c1-16(2,3)23(21)20-14-11-17(6-8-19-9-7-17)22-15-5-4-12(18)10-13(14)15/h4-5,10,14,19-20H,6-9,11H2,1-3H3/t14-,23-/m0/s1. The van der Waals surface area contributed by atoms with Crippen molar-refractivity contribution in [2.24, 2.45) is 0 Å². The third-order valence-corrected chi connectivity index (χ3v) is 6.67. The molecule has 3 rings (SSSR count). The molecule has 0 amide bonds. The van der Waals surface area contributed by atoms with Gasteiger partial charge >= 0.3 is 0 Å². The average Bonchev–Trinajstić information content (AvgIpc) is 2.48. The van der Waals surface area contributed by atoms with Gasteiger partial charge in [0.1, 0.15) is 16.1 Å². The molecule has 128 valence electrons. The van der Waals surface area contributed by atoms with Crippen LogP contribution >= 0.6 is 15.9 Å². The Morgan fingerprint density at radius 3 is 2.70 bits per heavy atom. The Labute approximate surface area is 150 Å². The van der Waals surface area contributed by atoms with Gasteiger partial charge in [0.25, 0.3) is 0 Å². The molecule has 1 aromatic carbocycles. The number of halogens is 1. The lowest BCUT2D eigenvalue weighted by Crippen LogP contribution is -2.52. The van der Waals surface area contributed by atoms with Gasteiger partial charge in [0.05, 0.1) is 6.04 Å². The third kappa shape index (κ3) is 3.87. The van der Waals surface area contributed by atoms with E-state index < -0.39 is 11.4 Å². The number of piperidine rings is 1. The van der Waals surface area contributed by atoms with Crippen LogP contribution in [0.2, 0.25) is 0 Å². The SMILES string of the molecule is CC(C)(C)[S@+]([O-])N[C@H]1CC2(CCNCC2)Oc2ccc(Br)cc21. The first kappa shape index (κ1) is 17.5. The van der Waals surface area contributed by atoms with Crippen LogP contribution in [0.3, 0.4) is 0 Å². The van der Waals surface area contributed by atoms with Crippen LogP contribution in [0.25, 0.3) is 0 Å². The molecular formula is C17H25BrN2O2S. The molecule has 2 aliphatic heterocycles. The molecule has 1 fully saturated rings. The van der Waals surface area contributed by atoms with Crippen molar-refractivity contribution in [3.63, 3.8) is 0 Å². The van der Waals surface area contributed by atoms with Crippen LogP contribution in [0.15, 0.2) is 22.7 Å². The van der Waals surface area contributed by atoms with Crippen molar-refractivity contribution in [2.75, 3.05) is 13.1 Å². The topological polar surface area (TPSA) is 56.3 Å². The second kappa shape index (κ2) is 6.56. The number of nitrogens with one attached hydrogen (secondary N) is 2. The molecule has 0 aliphatic carbocycles. The summed E-state index contributed by atoms with van der Waals surface area (Å²) >= 11 is 2.44. The fourth-order valence-electron chi connectivity index (χ4n) is 3.24. The quantitative estimate of drug-likeness (QED) is 0.746. The summed E-state index contributed by atoms with van der Waals surface area (Å²) in [6.07, 6.45) is 2.84. The lowest BCUT2D eigenvalue weighted by atomic mass is 9.81. The summed E-state index contributed by atoms with van der Waals surface area (Å²) in [7, 11) is 0. The van der Waals surface area contributed by atoms with Crippen LogP contribution in [0.4, 0.5) is 0 Å². The predicted molar refractivity (Wildman–Crippen MR) is 98.0 cm³/mol. The first-order valence-electron chi connectivity index (χ1n) is 8.16. The molecular weight excluding hydrogens is 376 g/mol. The van der Waals surface area contributed by atoms with Crippen molar-refractivity contribution in [3.05, 3.63) is 28.2 Å². The van der Waals surface area contributed by atoms with Gasteiger partial charge in [0.15, 0.2) is 0 Å². The molecule has 2 N–H and O–H groups in total. The number of rotatable bonds is 2. The second-order valence-corrected chi connectivity index (χ2v) is 10.4. The lowest BCUT2D eigenvalue weighted by molar-refractivity contribution is 0.00589. The zero-order valence-corrected chi connectivity index (χ0v) is 16.4. The van der Waals surface area contributed by atoms with Gasteiger partial charge in [-0.2, -0.15) is 0 Å². The van der Waals surface area contributed by atoms with Gasteiger partial charge in [-0.25, -0.2) is 0 Å². The van der Waals surface area contributed by atoms with E-state index in [-0.39, 0.29) is 16.4 Å². The van der Waals surface area contributed by atoms with Crippen molar-refractivity contribution in [2.45, 2.75) is 56.4 Å². The van der Waals surface area contributed by atoms with Gasteiger partial charge in [0.2, 0.25) is 0 Å². The highest BCUT2D eigenvalue weighted by molar-refractivity contribution is 9.10. The number of hydrogen-bond donors (Lipinski definition) is 2. The second-order valence-electron chi connectivity index (χ2n) is 7.47. The van der Waals surface area contributed by atoms with E-state index in [2.05, 4.69) is 32.0 Å². The van der Waals surface area contributed by atoms with E-state index >= 15 is 0 Å². The Balaban J connectivity index is 1.91. The van der Waals surface area contributed by atoms with E-state index in [1.54, 1.807) is 0 Å². The Morgan fingerprint density at radius 1 is 1.35 bits per heavy atom. The third-order valence-electron chi connectivity index (χ3n) is 4.57. The minimum absolute atomic E-state index is 0.0504. The molecule has 23 heavy (non-hydrogen) atoms. The van der Waals surface area contributed by atoms with Crippen LogP contribution in [0.1, 0.15) is 51.6 Å².